The maximum Gasteiger partial charge on any atom is 0.379 e. The summed E-state index contributed by atoms with van der Waals surface area (Å²) in [5, 5.41) is 0. The van der Waals surface area contributed by atoms with Crippen LogP contribution < -0.4 is 0 Å². The van der Waals surface area contributed by atoms with Gasteiger partial charge in [-0.2, -0.15) is 0 Å². The van der Waals surface area contributed by atoms with Gasteiger partial charge in [0.2, 0.25) is 5.76 Å². The monoisotopic (exact) mass is 168 g/mol. The van der Waals surface area contributed by atoms with Gasteiger partial charge in [0.15, 0.2) is 5.78 Å². The van der Waals surface area contributed by atoms with E-state index in [2.05, 4.69) is 9.47 Å². The SMILES string of the molecule is COC1=C/C(=C/C(C)=O)OC1=O. The van der Waals surface area contributed by atoms with Crippen LogP contribution in [0.1, 0.15) is 6.92 Å². The molecule has 0 spiro atoms. The predicted octanol–water partition coefficient (Wildman–Crippen LogP) is 0.546. The molecule has 0 amide bonds. The van der Waals surface area contributed by atoms with Gasteiger partial charge in [0, 0.05) is 12.2 Å². The largest absolute Gasteiger partial charge is 0.490 e. The average Bonchev–Trinajstić information content (AvgIpc) is 2.29. The van der Waals surface area contributed by atoms with Crippen LogP contribution in [0.4, 0.5) is 0 Å². The van der Waals surface area contributed by atoms with Crippen molar-refractivity contribution < 1.29 is 19.1 Å². The van der Waals surface area contributed by atoms with E-state index < -0.39 is 5.97 Å². The number of ether oxygens (including phenoxy) is 2. The van der Waals surface area contributed by atoms with Crippen LogP contribution in [0.3, 0.4) is 0 Å². The Morgan fingerprint density at radius 3 is 2.75 bits per heavy atom. The Labute approximate surface area is 69.5 Å². The predicted molar refractivity (Wildman–Crippen MR) is 39.9 cm³/mol. The topological polar surface area (TPSA) is 52.6 Å². The number of carbonyl (C=O) groups excluding carboxylic acids is 2. The quantitative estimate of drug-likeness (QED) is 0.446. The molecule has 0 saturated carbocycles. The van der Waals surface area contributed by atoms with Gasteiger partial charge in [-0.05, 0) is 6.92 Å². The molecule has 0 N–H and O–H groups in total. The average molecular weight is 168 g/mol. The first-order valence-electron chi connectivity index (χ1n) is 3.33. The van der Waals surface area contributed by atoms with Gasteiger partial charge in [0.1, 0.15) is 5.76 Å². The Hall–Kier alpha value is -1.58. The zero-order valence-electron chi connectivity index (χ0n) is 6.79. The molecule has 1 heterocycles. The fraction of sp³-hybridized carbons (Fsp3) is 0.250. The first-order valence-corrected chi connectivity index (χ1v) is 3.33. The normalized spacial score (nSPS) is 19.0. The number of methoxy groups -OCH3 is 1. The van der Waals surface area contributed by atoms with Crippen molar-refractivity contribution in [3.05, 3.63) is 23.7 Å². The molecule has 1 rings (SSSR count). The minimum atomic E-state index is -0.565. The summed E-state index contributed by atoms with van der Waals surface area (Å²) in [6.07, 6.45) is 2.60. The molecule has 0 bridgehead atoms. The van der Waals surface area contributed by atoms with Crippen LogP contribution in [0.15, 0.2) is 23.7 Å². The summed E-state index contributed by atoms with van der Waals surface area (Å²) in [5.74, 6) is -0.400. The molecule has 0 aromatic heterocycles. The molecule has 0 fully saturated rings. The van der Waals surface area contributed by atoms with Crippen molar-refractivity contribution in [2.45, 2.75) is 6.92 Å². The molecule has 4 heteroatoms. The molecule has 0 radical (unpaired) electrons. The number of allylic oxidation sites excluding steroid dienone is 2. The van der Waals surface area contributed by atoms with Crippen LogP contribution in [0, 0.1) is 0 Å². The van der Waals surface area contributed by atoms with Gasteiger partial charge in [-0.1, -0.05) is 0 Å². The fourth-order valence-corrected chi connectivity index (χ4v) is 0.789. The van der Waals surface area contributed by atoms with E-state index in [9.17, 15) is 9.59 Å². The number of hydrogen-bond donors (Lipinski definition) is 0. The van der Waals surface area contributed by atoms with Crippen molar-refractivity contribution in [3.8, 4) is 0 Å². The smallest absolute Gasteiger partial charge is 0.379 e. The molecule has 1 aliphatic rings. The highest BCUT2D eigenvalue weighted by Crippen LogP contribution is 2.16. The van der Waals surface area contributed by atoms with Crippen LogP contribution in [0.2, 0.25) is 0 Å². The van der Waals surface area contributed by atoms with Gasteiger partial charge in [-0.25, -0.2) is 4.79 Å². The van der Waals surface area contributed by atoms with Crippen LogP contribution in [0.5, 0.6) is 0 Å². The lowest BCUT2D eigenvalue weighted by Gasteiger charge is -1.93. The first kappa shape index (κ1) is 8.52. The van der Waals surface area contributed by atoms with Crippen molar-refractivity contribution >= 4 is 11.8 Å². The Kier molecular flexibility index (Phi) is 2.28. The third-order valence-electron chi connectivity index (χ3n) is 1.25. The second-order valence-corrected chi connectivity index (χ2v) is 2.26. The third kappa shape index (κ3) is 1.72. The van der Waals surface area contributed by atoms with Crippen LogP contribution in [-0.2, 0) is 19.1 Å². The van der Waals surface area contributed by atoms with Crippen molar-refractivity contribution in [3.63, 3.8) is 0 Å². The molecule has 12 heavy (non-hydrogen) atoms. The number of cyclic esters (lactones) is 1. The number of carbonyl (C=O) groups is 2. The first-order chi connectivity index (χ1) is 5.63. The highest BCUT2D eigenvalue weighted by atomic mass is 16.6. The second kappa shape index (κ2) is 3.21. The summed E-state index contributed by atoms with van der Waals surface area (Å²) in [4.78, 5) is 21.4. The van der Waals surface area contributed by atoms with Crippen LogP contribution >= 0.6 is 0 Å². The maximum absolute atomic E-state index is 10.8. The number of rotatable bonds is 2. The van der Waals surface area contributed by atoms with E-state index in [0.29, 0.717) is 0 Å². The van der Waals surface area contributed by atoms with Gasteiger partial charge >= 0.3 is 5.97 Å². The van der Waals surface area contributed by atoms with E-state index in [1.165, 1.54) is 26.2 Å². The summed E-state index contributed by atoms with van der Waals surface area (Å²) >= 11 is 0. The molecule has 0 aliphatic carbocycles. The second-order valence-electron chi connectivity index (χ2n) is 2.26. The highest BCUT2D eigenvalue weighted by molar-refractivity contribution is 5.94. The van der Waals surface area contributed by atoms with Gasteiger partial charge < -0.3 is 9.47 Å². The van der Waals surface area contributed by atoms with Crippen LogP contribution in [-0.4, -0.2) is 18.9 Å². The molecule has 4 nitrogen and oxygen atoms in total. The van der Waals surface area contributed by atoms with Crippen molar-refractivity contribution in [2.75, 3.05) is 7.11 Å². The fourth-order valence-electron chi connectivity index (χ4n) is 0.789. The molecule has 0 aromatic carbocycles. The number of ketones is 1. The Balaban J connectivity index is 2.83. The Bertz CT molecular complexity index is 285. The minimum Gasteiger partial charge on any atom is -0.490 e. The van der Waals surface area contributed by atoms with Crippen LogP contribution in [0.25, 0.3) is 0 Å². The molecule has 1 aliphatic heterocycles. The third-order valence-corrected chi connectivity index (χ3v) is 1.25. The van der Waals surface area contributed by atoms with E-state index in [1.54, 1.807) is 0 Å². The van der Waals surface area contributed by atoms with Gasteiger partial charge in [-0.3, -0.25) is 4.79 Å². The molecule has 0 saturated heterocycles. The molecule has 0 aromatic rings. The highest BCUT2D eigenvalue weighted by Gasteiger charge is 2.21. The number of esters is 1. The van der Waals surface area contributed by atoms with Crippen molar-refractivity contribution in [2.24, 2.45) is 0 Å². The summed E-state index contributed by atoms with van der Waals surface area (Å²) in [6.45, 7) is 1.37. The van der Waals surface area contributed by atoms with Gasteiger partial charge in [0.25, 0.3) is 0 Å². The van der Waals surface area contributed by atoms with Gasteiger partial charge in [0.05, 0.1) is 7.11 Å². The molecule has 64 valence electrons. The van der Waals surface area contributed by atoms with E-state index in [1.807, 2.05) is 0 Å². The van der Waals surface area contributed by atoms with E-state index >= 15 is 0 Å². The molecule has 0 atom stereocenters. The standard InChI is InChI=1S/C8H8O4/c1-5(9)3-6-4-7(11-2)8(10)12-6/h3-4H,1-2H3/b6-3-. The summed E-state index contributed by atoms with van der Waals surface area (Å²) in [7, 11) is 1.36. The lowest BCUT2D eigenvalue weighted by atomic mass is 10.3. The van der Waals surface area contributed by atoms with Crippen molar-refractivity contribution in [1.29, 1.82) is 0 Å². The lowest BCUT2D eigenvalue weighted by Crippen LogP contribution is -2.00. The van der Waals surface area contributed by atoms with Crippen molar-refractivity contribution in [1.82, 2.24) is 0 Å². The van der Waals surface area contributed by atoms with E-state index in [0.717, 1.165) is 0 Å². The zero-order chi connectivity index (χ0) is 9.14. The van der Waals surface area contributed by atoms with E-state index in [-0.39, 0.29) is 17.3 Å². The molecular weight excluding hydrogens is 160 g/mol. The lowest BCUT2D eigenvalue weighted by molar-refractivity contribution is -0.136. The Morgan fingerprint density at radius 2 is 2.33 bits per heavy atom. The summed E-state index contributed by atoms with van der Waals surface area (Å²) < 4.78 is 9.33. The Morgan fingerprint density at radius 1 is 1.67 bits per heavy atom. The maximum atomic E-state index is 10.8. The van der Waals surface area contributed by atoms with E-state index in [4.69, 9.17) is 0 Å². The van der Waals surface area contributed by atoms with Gasteiger partial charge in [-0.15, -0.1) is 0 Å². The zero-order valence-corrected chi connectivity index (χ0v) is 6.79. The summed E-state index contributed by atoms with van der Waals surface area (Å²) in [6, 6.07) is 0. The molecular formula is C8H8O4. The molecule has 0 unspecified atom stereocenters. The number of hydrogen-bond acceptors (Lipinski definition) is 4. The minimum absolute atomic E-state index is 0.113. The summed E-state index contributed by atoms with van der Waals surface area (Å²) in [5.41, 5.74) is 0.